The van der Waals surface area contributed by atoms with E-state index < -0.39 is 0 Å². The molecule has 0 aromatic heterocycles. The van der Waals surface area contributed by atoms with Crippen molar-refractivity contribution in [2.24, 2.45) is 5.73 Å². The predicted octanol–water partition coefficient (Wildman–Crippen LogP) is 8.46. The van der Waals surface area contributed by atoms with E-state index in [2.05, 4.69) is 57.2 Å². The normalized spacial score (nSPS) is 12.1. The Kier molecular flexibility index (Phi) is 14.1. The molecule has 0 heterocycles. The van der Waals surface area contributed by atoms with E-state index in [-0.39, 0.29) is 5.54 Å². The quantitative estimate of drug-likeness (QED) is 0.211. The Balaban J connectivity index is 1.96. The zero-order valence-corrected chi connectivity index (χ0v) is 19.1. The number of aryl methyl sites for hydroxylation is 1. The number of rotatable bonds is 17. The van der Waals surface area contributed by atoms with Crippen molar-refractivity contribution < 1.29 is 0 Å². The molecule has 0 fully saturated rings. The van der Waals surface area contributed by atoms with Crippen LogP contribution in [0.1, 0.15) is 122 Å². The van der Waals surface area contributed by atoms with Crippen LogP contribution >= 0.6 is 0 Å². The SMILES string of the molecule is CCCCCCCC/C=C\CCCCCCCCc1ccccc1C(C)(C)N. The van der Waals surface area contributed by atoms with E-state index in [9.17, 15) is 0 Å². The lowest BCUT2D eigenvalue weighted by Gasteiger charge is -2.22. The summed E-state index contributed by atoms with van der Waals surface area (Å²) in [6.45, 7) is 6.49. The second-order valence-corrected chi connectivity index (χ2v) is 9.07. The topological polar surface area (TPSA) is 26.0 Å². The van der Waals surface area contributed by atoms with Gasteiger partial charge in [0.15, 0.2) is 0 Å². The lowest BCUT2D eigenvalue weighted by Crippen LogP contribution is -2.30. The molecule has 0 atom stereocenters. The molecule has 0 saturated heterocycles. The smallest absolute Gasteiger partial charge is 0.0355 e. The summed E-state index contributed by atoms with van der Waals surface area (Å²) >= 11 is 0. The summed E-state index contributed by atoms with van der Waals surface area (Å²) in [7, 11) is 0. The summed E-state index contributed by atoms with van der Waals surface area (Å²) < 4.78 is 0. The van der Waals surface area contributed by atoms with Crippen LogP contribution in [0.4, 0.5) is 0 Å². The van der Waals surface area contributed by atoms with Gasteiger partial charge >= 0.3 is 0 Å². The third kappa shape index (κ3) is 12.4. The van der Waals surface area contributed by atoms with Gasteiger partial charge in [0.1, 0.15) is 0 Å². The van der Waals surface area contributed by atoms with Gasteiger partial charge in [0, 0.05) is 5.54 Å². The Morgan fingerprint density at radius 3 is 1.79 bits per heavy atom. The molecule has 0 aliphatic rings. The molecule has 28 heavy (non-hydrogen) atoms. The highest BCUT2D eigenvalue weighted by molar-refractivity contribution is 5.32. The van der Waals surface area contributed by atoms with E-state index >= 15 is 0 Å². The Morgan fingerprint density at radius 2 is 1.21 bits per heavy atom. The van der Waals surface area contributed by atoms with Gasteiger partial charge in [-0.1, -0.05) is 101 Å². The second kappa shape index (κ2) is 15.8. The van der Waals surface area contributed by atoms with Crippen molar-refractivity contribution in [2.75, 3.05) is 0 Å². The van der Waals surface area contributed by atoms with Crippen LogP contribution in [0.5, 0.6) is 0 Å². The Morgan fingerprint density at radius 1 is 0.714 bits per heavy atom. The number of hydrogen-bond donors (Lipinski definition) is 1. The molecule has 1 nitrogen and oxygen atoms in total. The summed E-state index contributed by atoms with van der Waals surface area (Å²) in [4.78, 5) is 0. The van der Waals surface area contributed by atoms with E-state index in [1.807, 2.05) is 0 Å². The van der Waals surface area contributed by atoms with Gasteiger partial charge in [-0.25, -0.2) is 0 Å². The first-order valence-corrected chi connectivity index (χ1v) is 12.1. The molecule has 0 radical (unpaired) electrons. The van der Waals surface area contributed by atoms with Gasteiger partial charge < -0.3 is 5.73 Å². The van der Waals surface area contributed by atoms with Gasteiger partial charge in [-0.05, 0) is 63.5 Å². The summed E-state index contributed by atoms with van der Waals surface area (Å²) in [6, 6.07) is 8.69. The first kappa shape index (κ1) is 25.0. The van der Waals surface area contributed by atoms with Crippen LogP contribution in [0.25, 0.3) is 0 Å². The Bertz CT molecular complexity index is 509. The molecule has 0 aliphatic heterocycles. The second-order valence-electron chi connectivity index (χ2n) is 9.07. The zero-order chi connectivity index (χ0) is 20.5. The van der Waals surface area contributed by atoms with E-state index in [1.54, 1.807) is 0 Å². The van der Waals surface area contributed by atoms with Crippen LogP contribution in [-0.2, 0) is 12.0 Å². The molecular formula is C27H47N. The van der Waals surface area contributed by atoms with Gasteiger partial charge in [-0.3, -0.25) is 0 Å². The van der Waals surface area contributed by atoms with Gasteiger partial charge in [0.2, 0.25) is 0 Å². The third-order valence-electron chi connectivity index (χ3n) is 5.67. The summed E-state index contributed by atoms with van der Waals surface area (Å²) in [5, 5.41) is 0. The Hall–Kier alpha value is -1.08. The fraction of sp³-hybridized carbons (Fsp3) is 0.704. The predicted molar refractivity (Wildman–Crippen MR) is 127 cm³/mol. The monoisotopic (exact) mass is 385 g/mol. The van der Waals surface area contributed by atoms with Gasteiger partial charge in [0.25, 0.3) is 0 Å². The fourth-order valence-electron chi connectivity index (χ4n) is 3.93. The lowest BCUT2D eigenvalue weighted by molar-refractivity contribution is 0.542. The van der Waals surface area contributed by atoms with Crippen molar-refractivity contribution in [1.29, 1.82) is 0 Å². The number of allylic oxidation sites excluding steroid dienone is 2. The largest absolute Gasteiger partial charge is 0.322 e. The molecule has 1 rings (SSSR count). The first-order chi connectivity index (χ1) is 13.6. The zero-order valence-electron chi connectivity index (χ0n) is 19.1. The number of nitrogens with two attached hydrogens (primary N) is 1. The minimum absolute atomic E-state index is 0.237. The van der Waals surface area contributed by atoms with Crippen LogP contribution in [0, 0.1) is 0 Å². The van der Waals surface area contributed by atoms with Gasteiger partial charge in [0.05, 0.1) is 0 Å². The number of hydrogen-bond acceptors (Lipinski definition) is 1. The Labute approximate surface area is 176 Å². The summed E-state index contributed by atoms with van der Waals surface area (Å²) in [5.74, 6) is 0. The maximum atomic E-state index is 6.31. The van der Waals surface area contributed by atoms with Crippen LogP contribution in [0.3, 0.4) is 0 Å². The lowest BCUT2D eigenvalue weighted by atomic mass is 9.89. The summed E-state index contributed by atoms with van der Waals surface area (Å²) in [5.41, 5.74) is 8.82. The van der Waals surface area contributed by atoms with E-state index in [4.69, 9.17) is 5.73 Å². The van der Waals surface area contributed by atoms with Crippen LogP contribution < -0.4 is 5.73 Å². The molecule has 0 unspecified atom stereocenters. The minimum atomic E-state index is -0.237. The molecule has 0 amide bonds. The fourth-order valence-corrected chi connectivity index (χ4v) is 3.93. The van der Waals surface area contributed by atoms with Crippen LogP contribution in [0.15, 0.2) is 36.4 Å². The molecule has 160 valence electrons. The van der Waals surface area contributed by atoms with Crippen molar-refractivity contribution in [3.05, 3.63) is 47.5 Å². The summed E-state index contributed by atoms with van der Waals surface area (Å²) in [6.07, 6.45) is 25.1. The molecule has 1 aromatic carbocycles. The van der Waals surface area contributed by atoms with Crippen molar-refractivity contribution in [3.63, 3.8) is 0 Å². The molecule has 1 heteroatoms. The van der Waals surface area contributed by atoms with Gasteiger partial charge in [-0.15, -0.1) is 0 Å². The molecule has 0 bridgehead atoms. The minimum Gasteiger partial charge on any atom is -0.322 e. The molecule has 2 N–H and O–H groups in total. The highest BCUT2D eigenvalue weighted by Crippen LogP contribution is 2.23. The number of unbranched alkanes of at least 4 members (excludes halogenated alkanes) is 12. The molecule has 0 spiro atoms. The van der Waals surface area contributed by atoms with Crippen molar-refractivity contribution in [1.82, 2.24) is 0 Å². The van der Waals surface area contributed by atoms with Crippen LogP contribution in [0.2, 0.25) is 0 Å². The highest BCUT2D eigenvalue weighted by Gasteiger charge is 2.17. The van der Waals surface area contributed by atoms with E-state index in [1.165, 1.54) is 101 Å². The molecule has 0 saturated carbocycles. The van der Waals surface area contributed by atoms with E-state index in [0.717, 1.165) is 6.42 Å². The average molecular weight is 386 g/mol. The molecular weight excluding hydrogens is 338 g/mol. The standard InChI is InChI=1S/C27H47N/c1-4-5-6-7-8-9-10-11-12-13-14-15-16-17-18-19-22-25-23-20-21-24-26(25)27(2,3)28/h11-12,20-21,23-24H,4-10,13-19,22,28H2,1-3H3/b12-11-. The molecule has 0 aliphatic carbocycles. The highest BCUT2D eigenvalue weighted by atomic mass is 14.7. The average Bonchev–Trinajstić information content (AvgIpc) is 2.67. The maximum Gasteiger partial charge on any atom is 0.0355 e. The van der Waals surface area contributed by atoms with Crippen LogP contribution in [-0.4, -0.2) is 0 Å². The maximum absolute atomic E-state index is 6.31. The number of benzene rings is 1. The van der Waals surface area contributed by atoms with Crippen molar-refractivity contribution in [3.8, 4) is 0 Å². The molecule has 1 aromatic rings. The van der Waals surface area contributed by atoms with E-state index in [0.29, 0.717) is 0 Å². The van der Waals surface area contributed by atoms with Crippen molar-refractivity contribution >= 4 is 0 Å². The third-order valence-corrected chi connectivity index (χ3v) is 5.67. The first-order valence-electron chi connectivity index (χ1n) is 12.1. The van der Waals surface area contributed by atoms with Gasteiger partial charge in [-0.2, -0.15) is 0 Å². The van der Waals surface area contributed by atoms with Crippen molar-refractivity contribution in [2.45, 2.75) is 123 Å².